The van der Waals surface area contributed by atoms with Gasteiger partial charge in [-0.05, 0) is 30.2 Å². The van der Waals surface area contributed by atoms with Gasteiger partial charge in [0.05, 0.1) is 6.04 Å². The first-order valence-corrected chi connectivity index (χ1v) is 5.67. The predicted molar refractivity (Wildman–Crippen MR) is 63.6 cm³/mol. The highest BCUT2D eigenvalue weighted by Crippen LogP contribution is 2.32. The molecular formula is C12H13F2N3O2. The van der Waals surface area contributed by atoms with Crippen molar-refractivity contribution in [3.05, 3.63) is 51.3 Å². The van der Waals surface area contributed by atoms with E-state index in [1.807, 2.05) is 0 Å². The molecule has 0 bridgehead atoms. The number of nitrogens with one attached hydrogen (secondary N) is 1. The second kappa shape index (κ2) is 4.93. The molecule has 2 rings (SSSR count). The number of aromatic amines is 1. The van der Waals surface area contributed by atoms with Crippen molar-refractivity contribution in [1.82, 2.24) is 10.2 Å². The van der Waals surface area contributed by atoms with Crippen LogP contribution in [-0.2, 0) is 0 Å². The van der Waals surface area contributed by atoms with E-state index >= 15 is 0 Å². The van der Waals surface area contributed by atoms with Crippen LogP contribution in [0.1, 0.15) is 35.9 Å². The topological polar surface area (TPSA) is 84.9 Å². The third-order valence-electron chi connectivity index (χ3n) is 3.13. The number of hydrogen-bond acceptors (Lipinski definition) is 4. The van der Waals surface area contributed by atoms with Crippen LogP contribution in [0.25, 0.3) is 0 Å². The van der Waals surface area contributed by atoms with Crippen LogP contribution in [0.4, 0.5) is 8.78 Å². The van der Waals surface area contributed by atoms with E-state index in [-0.39, 0.29) is 17.0 Å². The summed E-state index contributed by atoms with van der Waals surface area (Å²) in [6, 6.07) is 1.25. The molecule has 0 aliphatic rings. The minimum Gasteiger partial charge on any atom is -0.391 e. The van der Waals surface area contributed by atoms with Crippen LogP contribution in [0.3, 0.4) is 0 Å². The lowest BCUT2D eigenvalue weighted by molar-refractivity contribution is 0.395. The van der Waals surface area contributed by atoms with Crippen LogP contribution in [0.15, 0.2) is 21.3 Å². The number of aromatic nitrogens is 2. The zero-order chi connectivity index (χ0) is 14.2. The number of hydrogen-bond donors (Lipinski definition) is 2. The molecule has 0 fully saturated rings. The smallest absolute Gasteiger partial charge is 0.391 e. The molecule has 1 heterocycles. The van der Waals surface area contributed by atoms with Gasteiger partial charge < -0.3 is 10.2 Å². The molecule has 19 heavy (non-hydrogen) atoms. The molecule has 102 valence electrons. The molecule has 2 atom stereocenters. The molecule has 1 aromatic heterocycles. The van der Waals surface area contributed by atoms with Crippen molar-refractivity contribution in [3.8, 4) is 0 Å². The van der Waals surface area contributed by atoms with Gasteiger partial charge in [0.2, 0.25) is 5.89 Å². The van der Waals surface area contributed by atoms with Crippen molar-refractivity contribution in [3.63, 3.8) is 0 Å². The van der Waals surface area contributed by atoms with Gasteiger partial charge in [-0.25, -0.2) is 18.7 Å². The van der Waals surface area contributed by atoms with Crippen LogP contribution in [0.5, 0.6) is 0 Å². The normalized spacial score (nSPS) is 14.4. The molecule has 0 saturated heterocycles. The Kier molecular flexibility index (Phi) is 3.48. The number of halogens is 2. The summed E-state index contributed by atoms with van der Waals surface area (Å²) in [4.78, 5) is 10.9. The Balaban J connectivity index is 2.42. The van der Waals surface area contributed by atoms with Crippen LogP contribution in [0, 0.1) is 18.6 Å². The average molecular weight is 269 g/mol. The zero-order valence-electron chi connectivity index (χ0n) is 10.4. The quantitative estimate of drug-likeness (QED) is 0.889. The minimum atomic E-state index is -0.853. The van der Waals surface area contributed by atoms with Gasteiger partial charge in [0, 0.05) is 5.92 Å². The standard InChI is InChI=1S/C12H13F2N3O2/c1-5-7(13)3-4-8(14)9(5)6(2)10(15)11-16-17-12(18)19-11/h3-4,6,10H,15H2,1-2H3,(H,17,18). The van der Waals surface area contributed by atoms with Crippen molar-refractivity contribution in [1.29, 1.82) is 0 Å². The van der Waals surface area contributed by atoms with Crippen LogP contribution >= 0.6 is 0 Å². The summed E-state index contributed by atoms with van der Waals surface area (Å²) in [6.07, 6.45) is 0. The van der Waals surface area contributed by atoms with E-state index in [1.165, 1.54) is 6.92 Å². The molecule has 5 nitrogen and oxygen atoms in total. The Morgan fingerprint density at radius 3 is 2.58 bits per heavy atom. The Bertz CT molecular complexity index is 651. The van der Waals surface area contributed by atoms with Gasteiger partial charge >= 0.3 is 5.76 Å². The van der Waals surface area contributed by atoms with E-state index in [2.05, 4.69) is 10.2 Å². The minimum absolute atomic E-state index is 0.0411. The molecule has 2 unspecified atom stereocenters. The summed E-state index contributed by atoms with van der Waals surface area (Å²) >= 11 is 0. The van der Waals surface area contributed by atoms with Crippen LogP contribution in [0.2, 0.25) is 0 Å². The molecule has 0 amide bonds. The van der Waals surface area contributed by atoms with E-state index < -0.39 is 29.4 Å². The van der Waals surface area contributed by atoms with Crippen molar-refractivity contribution < 1.29 is 13.2 Å². The summed E-state index contributed by atoms with van der Waals surface area (Å²) in [5, 5.41) is 5.68. The first-order chi connectivity index (χ1) is 8.91. The van der Waals surface area contributed by atoms with Crippen molar-refractivity contribution in [2.75, 3.05) is 0 Å². The summed E-state index contributed by atoms with van der Waals surface area (Å²) in [5.41, 5.74) is 6.20. The molecule has 2 aromatic rings. The first kappa shape index (κ1) is 13.4. The Morgan fingerprint density at radius 2 is 2.00 bits per heavy atom. The molecule has 0 radical (unpaired) electrons. The largest absolute Gasteiger partial charge is 0.434 e. The van der Waals surface area contributed by atoms with Crippen molar-refractivity contribution in [2.45, 2.75) is 25.8 Å². The lowest BCUT2D eigenvalue weighted by Gasteiger charge is -2.20. The van der Waals surface area contributed by atoms with Crippen molar-refractivity contribution >= 4 is 0 Å². The van der Waals surface area contributed by atoms with E-state index in [9.17, 15) is 13.6 Å². The Hall–Kier alpha value is -2.02. The van der Waals surface area contributed by atoms with E-state index in [4.69, 9.17) is 10.2 Å². The Labute approximate surface area is 107 Å². The Morgan fingerprint density at radius 1 is 1.37 bits per heavy atom. The average Bonchev–Trinajstić information content (AvgIpc) is 2.80. The summed E-state index contributed by atoms with van der Waals surface area (Å²) < 4.78 is 32.0. The van der Waals surface area contributed by atoms with Gasteiger partial charge in [-0.3, -0.25) is 0 Å². The van der Waals surface area contributed by atoms with Gasteiger partial charge in [0.1, 0.15) is 11.6 Å². The second-order valence-corrected chi connectivity index (χ2v) is 4.33. The number of H-pyrrole nitrogens is 1. The maximum absolute atomic E-state index is 13.8. The van der Waals surface area contributed by atoms with Gasteiger partial charge in [-0.2, -0.15) is 0 Å². The number of nitrogens with zero attached hydrogens (tertiary/aromatic N) is 1. The lowest BCUT2D eigenvalue weighted by atomic mass is 9.89. The van der Waals surface area contributed by atoms with E-state index in [0.717, 1.165) is 12.1 Å². The molecule has 7 heteroatoms. The van der Waals surface area contributed by atoms with Crippen LogP contribution in [-0.4, -0.2) is 10.2 Å². The summed E-state index contributed by atoms with van der Waals surface area (Å²) in [6.45, 7) is 3.09. The fourth-order valence-corrected chi connectivity index (χ4v) is 2.01. The second-order valence-electron chi connectivity index (χ2n) is 4.33. The fourth-order valence-electron chi connectivity index (χ4n) is 2.01. The molecule has 0 saturated carbocycles. The maximum Gasteiger partial charge on any atom is 0.434 e. The van der Waals surface area contributed by atoms with E-state index in [0.29, 0.717) is 0 Å². The molecule has 0 aliphatic carbocycles. The number of nitrogens with two attached hydrogens (primary N) is 1. The maximum atomic E-state index is 13.8. The van der Waals surface area contributed by atoms with Crippen molar-refractivity contribution in [2.24, 2.45) is 5.73 Å². The fraction of sp³-hybridized carbons (Fsp3) is 0.333. The van der Waals surface area contributed by atoms with Gasteiger partial charge in [-0.15, -0.1) is 5.10 Å². The van der Waals surface area contributed by atoms with E-state index in [1.54, 1.807) is 6.92 Å². The molecule has 0 spiro atoms. The van der Waals surface area contributed by atoms with Gasteiger partial charge in [0.15, 0.2) is 0 Å². The molecule has 1 aromatic carbocycles. The SMILES string of the molecule is Cc1c(F)ccc(F)c1C(C)C(N)c1n[nH]c(=O)o1. The highest BCUT2D eigenvalue weighted by molar-refractivity contribution is 5.33. The molecular weight excluding hydrogens is 256 g/mol. The number of rotatable bonds is 3. The first-order valence-electron chi connectivity index (χ1n) is 5.67. The number of benzene rings is 1. The highest BCUT2D eigenvalue weighted by Gasteiger charge is 2.26. The van der Waals surface area contributed by atoms with Gasteiger partial charge in [0.25, 0.3) is 0 Å². The summed E-state index contributed by atoms with van der Waals surface area (Å²) in [5.74, 6) is -2.45. The highest BCUT2D eigenvalue weighted by atomic mass is 19.1. The monoisotopic (exact) mass is 269 g/mol. The third-order valence-corrected chi connectivity index (χ3v) is 3.13. The third kappa shape index (κ3) is 2.41. The lowest BCUT2D eigenvalue weighted by Crippen LogP contribution is -2.20. The van der Waals surface area contributed by atoms with Gasteiger partial charge in [-0.1, -0.05) is 6.92 Å². The van der Waals surface area contributed by atoms with Crippen LogP contribution < -0.4 is 11.5 Å². The zero-order valence-corrected chi connectivity index (χ0v) is 10.4. The summed E-state index contributed by atoms with van der Waals surface area (Å²) in [7, 11) is 0. The molecule has 3 N–H and O–H groups in total. The molecule has 0 aliphatic heterocycles. The predicted octanol–water partition coefficient (Wildman–Crippen LogP) is 1.75.